The molecule has 0 bridgehead atoms. The summed E-state index contributed by atoms with van der Waals surface area (Å²) in [6.07, 6.45) is 4.92. The Hall–Kier alpha value is -0.820. The van der Waals surface area contributed by atoms with Crippen LogP contribution in [0.15, 0.2) is 24.3 Å². The molecule has 1 unspecified atom stereocenters. The third-order valence-corrected chi connectivity index (χ3v) is 3.17. The van der Waals surface area contributed by atoms with Gasteiger partial charge in [-0.1, -0.05) is 64.8 Å². The molecule has 1 atom stereocenters. The van der Waals surface area contributed by atoms with E-state index in [2.05, 4.69) is 57.3 Å². The van der Waals surface area contributed by atoms with Crippen LogP contribution in [0.3, 0.4) is 0 Å². The van der Waals surface area contributed by atoms with Gasteiger partial charge in [-0.3, -0.25) is 0 Å². The molecule has 1 aromatic carbocycles. The van der Waals surface area contributed by atoms with Crippen molar-refractivity contribution in [1.29, 1.82) is 0 Å². The minimum atomic E-state index is 0.515. The minimum absolute atomic E-state index is 0.515. The van der Waals surface area contributed by atoms with E-state index in [-0.39, 0.29) is 0 Å². The second-order valence-corrected chi connectivity index (χ2v) is 5.11. The van der Waals surface area contributed by atoms with Crippen molar-refractivity contribution in [2.75, 3.05) is 0 Å². The molecule has 0 radical (unpaired) electrons. The highest BCUT2D eigenvalue weighted by atomic mass is 14.9. The fourth-order valence-electron chi connectivity index (χ4n) is 2.14. The molecule has 1 heteroatoms. The fraction of sp³-hybridized carbons (Fsp3) is 0.625. The second kappa shape index (κ2) is 7.50. The molecule has 0 aliphatic carbocycles. The predicted octanol–water partition coefficient (Wildman–Crippen LogP) is 4.48. The molecule has 1 aromatic rings. The van der Waals surface area contributed by atoms with E-state index >= 15 is 0 Å². The molecule has 1 N–H and O–H groups in total. The van der Waals surface area contributed by atoms with Crippen molar-refractivity contribution in [2.45, 2.75) is 65.5 Å². The highest BCUT2D eigenvalue weighted by molar-refractivity contribution is 5.25. The molecular weight excluding hydrogens is 206 g/mol. The first-order valence-corrected chi connectivity index (χ1v) is 7.02. The topological polar surface area (TPSA) is 12.0 Å². The largest absolute Gasteiger partial charge is 0.308 e. The summed E-state index contributed by atoms with van der Waals surface area (Å²) >= 11 is 0. The number of unbranched alkanes of at least 4 members (excludes halogenated alkanes) is 1. The lowest BCUT2D eigenvalue weighted by atomic mass is 9.98. The molecule has 0 heterocycles. The number of aryl methyl sites for hydroxylation is 1. The Bertz CT molecular complexity index is 300. The van der Waals surface area contributed by atoms with Gasteiger partial charge in [-0.05, 0) is 24.0 Å². The maximum Gasteiger partial charge on any atom is 0.0322 e. The number of hydrogen-bond acceptors (Lipinski definition) is 1. The maximum atomic E-state index is 3.67. The van der Waals surface area contributed by atoms with Crippen LogP contribution in [0.25, 0.3) is 0 Å². The van der Waals surface area contributed by atoms with E-state index in [0.29, 0.717) is 12.1 Å². The predicted molar refractivity (Wildman–Crippen MR) is 76.4 cm³/mol. The summed E-state index contributed by atoms with van der Waals surface area (Å²) in [4.78, 5) is 0. The van der Waals surface area contributed by atoms with Gasteiger partial charge in [0.25, 0.3) is 0 Å². The van der Waals surface area contributed by atoms with Crippen molar-refractivity contribution in [3.63, 3.8) is 0 Å². The van der Waals surface area contributed by atoms with Gasteiger partial charge in [0.1, 0.15) is 0 Å². The van der Waals surface area contributed by atoms with E-state index in [1.807, 2.05) is 0 Å². The molecule has 0 saturated carbocycles. The van der Waals surface area contributed by atoms with Crippen molar-refractivity contribution in [1.82, 2.24) is 5.32 Å². The van der Waals surface area contributed by atoms with Gasteiger partial charge < -0.3 is 5.32 Å². The van der Waals surface area contributed by atoms with Crippen LogP contribution in [0.2, 0.25) is 0 Å². The van der Waals surface area contributed by atoms with Crippen molar-refractivity contribution >= 4 is 0 Å². The van der Waals surface area contributed by atoms with E-state index in [9.17, 15) is 0 Å². The van der Waals surface area contributed by atoms with Gasteiger partial charge in [-0.15, -0.1) is 0 Å². The quantitative estimate of drug-likeness (QED) is 0.732. The fourth-order valence-corrected chi connectivity index (χ4v) is 2.14. The van der Waals surface area contributed by atoms with Crippen molar-refractivity contribution < 1.29 is 0 Å². The lowest BCUT2D eigenvalue weighted by molar-refractivity contribution is 0.440. The Balaban J connectivity index is 2.72. The monoisotopic (exact) mass is 233 g/mol. The SMILES string of the molecule is CCCCC(NC(C)C)c1ccc(CC)cc1. The summed E-state index contributed by atoms with van der Waals surface area (Å²) < 4.78 is 0. The molecule has 1 nitrogen and oxygen atoms in total. The van der Waals surface area contributed by atoms with Crippen LogP contribution in [0.5, 0.6) is 0 Å². The van der Waals surface area contributed by atoms with E-state index in [1.54, 1.807) is 0 Å². The van der Waals surface area contributed by atoms with Gasteiger partial charge >= 0.3 is 0 Å². The average molecular weight is 233 g/mol. The average Bonchev–Trinajstić information content (AvgIpc) is 2.34. The summed E-state index contributed by atoms with van der Waals surface area (Å²) in [5.74, 6) is 0. The molecular formula is C16H27N. The van der Waals surface area contributed by atoms with Gasteiger partial charge in [0.05, 0.1) is 0 Å². The van der Waals surface area contributed by atoms with Crippen LogP contribution in [0.4, 0.5) is 0 Å². The Morgan fingerprint density at radius 1 is 1.06 bits per heavy atom. The zero-order chi connectivity index (χ0) is 12.7. The Morgan fingerprint density at radius 3 is 2.18 bits per heavy atom. The van der Waals surface area contributed by atoms with E-state index in [0.717, 1.165) is 6.42 Å². The third kappa shape index (κ3) is 4.91. The van der Waals surface area contributed by atoms with Crippen LogP contribution in [-0.4, -0.2) is 6.04 Å². The standard InChI is InChI=1S/C16H27N/c1-5-7-8-16(17-13(3)4)15-11-9-14(6-2)10-12-15/h9-13,16-17H,5-8H2,1-4H3. The highest BCUT2D eigenvalue weighted by Crippen LogP contribution is 2.20. The van der Waals surface area contributed by atoms with Crippen molar-refractivity contribution in [3.8, 4) is 0 Å². The summed E-state index contributed by atoms with van der Waals surface area (Å²) in [6, 6.07) is 10.2. The first-order chi connectivity index (χ1) is 8.17. The Morgan fingerprint density at radius 2 is 1.71 bits per heavy atom. The highest BCUT2D eigenvalue weighted by Gasteiger charge is 2.11. The molecule has 0 aliphatic heterocycles. The summed E-state index contributed by atoms with van der Waals surface area (Å²) in [5, 5.41) is 3.67. The second-order valence-electron chi connectivity index (χ2n) is 5.11. The van der Waals surface area contributed by atoms with E-state index in [1.165, 1.54) is 30.4 Å². The number of rotatable bonds is 7. The number of nitrogens with one attached hydrogen (secondary N) is 1. The van der Waals surface area contributed by atoms with E-state index < -0.39 is 0 Å². The lowest BCUT2D eigenvalue weighted by Gasteiger charge is -2.22. The first-order valence-electron chi connectivity index (χ1n) is 7.02. The summed E-state index contributed by atoms with van der Waals surface area (Å²) in [6.45, 7) is 8.90. The van der Waals surface area contributed by atoms with Crippen LogP contribution in [0, 0.1) is 0 Å². The van der Waals surface area contributed by atoms with Crippen LogP contribution >= 0.6 is 0 Å². The zero-order valence-corrected chi connectivity index (χ0v) is 11.8. The Labute approximate surface area is 107 Å². The van der Waals surface area contributed by atoms with Gasteiger partial charge in [0.2, 0.25) is 0 Å². The Kier molecular flexibility index (Phi) is 6.28. The summed E-state index contributed by atoms with van der Waals surface area (Å²) in [7, 11) is 0. The van der Waals surface area contributed by atoms with Gasteiger partial charge in [0.15, 0.2) is 0 Å². The number of benzene rings is 1. The van der Waals surface area contributed by atoms with Crippen LogP contribution in [-0.2, 0) is 6.42 Å². The lowest BCUT2D eigenvalue weighted by Crippen LogP contribution is -2.28. The first kappa shape index (κ1) is 14.2. The van der Waals surface area contributed by atoms with Gasteiger partial charge in [-0.25, -0.2) is 0 Å². The third-order valence-electron chi connectivity index (χ3n) is 3.17. The molecule has 17 heavy (non-hydrogen) atoms. The van der Waals surface area contributed by atoms with E-state index in [4.69, 9.17) is 0 Å². The maximum absolute atomic E-state index is 3.67. The van der Waals surface area contributed by atoms with Gasteiger partial charge in [-0.2, -0.15) is 0 Å². The molecule has 0 aliphatic rings. The van der Waals surface area contributed by atoms with Crippen LogP contribution < -0.4 is 5.32 Å². The molecule has 0 saturated heterocycles. The molecule has 0 amide bonds. The molecule has 0 spiro atoms. The molecule has 0 fully saturated rings. The molecule has 96 valence electrons. The number of hydrogen-bond donors (Lipinski definition) is 1. The normalized spacial score (nSPS) is 13.0. The smallest absolute Gasteiger partial charge is 0.0322 e. The molecule has 0 aromatic heterocycles. The zero-order valence-electron chi connectivity index (χ0n) is 11.8. The minimum Gasteiger partial charge on any atom is -0.308 e. The van der Waals surface area contributed by atoms with Crippen molar-refractivity contribution in [3.05, 3.63) is 35.4 Å². The summed E-state index contributed by atoms with van der Waals surface area (Å²) in [5.41, 5.74) is 2.86. The van der Waals surface area contributed by atoms with Crippen molar-refractivity contribution in [2.24, 2.45) is 0 Å². The molecule has 1 rings (SSSR count). The van der Waals surface area contributed by atoms with Gasteiger partial charge in [0, 0.05) is 12.1 Å². The van der Waals surface area contributed by atoms with Crippen LogP contribution in [0.1, 0.15) is 64.1 Å².